The first kappa shape index (κ1) is 18.2. The van der Waals surface area contributed by atoms with Crippen LogP contribution in [-0.2, 0) is 20.7 Å². The van der Waals surface area contributed by atoms with E-state index in [9.17, 15) is 18.4 Å². The van der Waals surface area contributed by atoms with Gasteiger partial charge in [0.2, 0.25) is 0 Å². The maximum Gasteiger partial charge on any atom is 0.310 e. The fourth-order valence-electron chi connectivity index (χ4n) is 2.03. The van der Waals surface area contributed by atoms with Crippen molar-refractivity contribution in [3.05, 3.63) is 57.6 Å². The van der Waals surface area contributed by atoms with Gasteiger partial charge in [-0.15, -0.1) is 11.3 Å². The lowest BCUT2D eigenvalue weighted by molar-refractivity contribution is -0.146. The van der Waals surface area contributed by atoms with E-state index in [1.54, 1.807) is 11.4 Å². The van der Waals surface area contributed by atoms with Crippen LogP contribution in [0.1, 0.15) is 5.56 Å². The molecule has 2 aromatic heterocycles. The van der Waals surface area contributed by atoms with Crippen LogP contribution in [0.5, 0.6) is 0 Å². The summed E-state index contributed by atoms with van der Waals surface area (Å²) in [7, 11) is 0. The van der Waals surface area contributed by atoms with E-state index < -0.39 is 30.1 Å². The van der Waals surface area contributed by atoms with Gasteiger partial charge in [0.1, 0.15) is 0 Å². The number of thiazole rings is 1. The van der Waals surface area contributed by atoms with Crippen LogP contribution in [0, 0.1) is 11.6 Å². The number of ether oxygens (including phenoxy) is 1. The van der Waals surface area contributed by atoms with Gasteiger partial charge >= 0.3 is 5.97 Å². The molecule has 0 atom stereocenters. The SMILES string of the molecule is O=C(COC(=O)Cc1ccsc1)Nc1nc(-c2ccc(F)c(F)c2)cs1. The topological polar surface area (TPSA) is 68.3 Å². The second-order valence-corrected chi connectivity index (χ2v) is 6.82. The molecule has 0 aliphatic heterocycles. The highest BCUT2D eigenvalue weighted by Gasteiger charge is 2.12. The molecule has 0 fully saturated rings. The summed E-state index contributed by atoms with van der Waals surface area (Å²) in [6.45, 7) is -0.428. The monoisotopic (exact) mass is 394 g/mol. The number of rotatable bonds is 6. The van der Waals surface area contributed by atoms with Crippen molar-refractivity contribution in [2.45, 2.75) is 6.42 Å². The van der Waals surface area contributed by atoms with Crippen LogP contribution in [0.15, 0.2) is 40.4 Å². The van der Waals surface area contributed by atoms with Crippen LogP contribution in [0.3, 0.4) is 0 Å². The summed E-state index contributed by atoms with van der Waals surface area (Å²) in [5.41, 5.74) is 1.62. The molecular formula is C17H12F2N2O3S2. The Morgan fingerprint density at radius 3 is 2.73 bits per heavy atom. The molecule has 0 unspecified atom stereocenters. The van der Waals surface area contributed by atoms with Gasteiger partial charge in [0.15, 0.2) is 23.4 Å². The van der Waals surface area contributed by atoms with E-state index in [2.05, 4.69) is 10.3 Å². The fraction of sp³-hybridized carbons (Fsp3) is 0.118. The Kier molecular flexibility index (Phi) is 5.69. The fourth-order valence-corrected chi connectivity index (χ4v) is 3.44. The van der Waals surface area contributed by atoms with E-state index in [1.807, 2.05) is 10.8 Å². The summed E-state index contributed by atoms with van der Waals surface area (Å²) in [5.74, 6) is -2.95. The Morgan fingerprint density at radius 1 is 1.15 bits per heavy atom. The van der Waals surface area contributed by atoms with Crippen molar-refractivity contribution >= 4 is 39.7 Å². The second-order valence-electron chi connectivity index (χ2n) is 5.18. The summed E-state index contributed by atoms with van der Waals surface area (Å²) in [6, 6.07) is 5.24. The highest BCUT2D eigenvalue weighted by molar-refractivity contribution is 7.14. The van der Waals surface area contributed by atoms with Gasteiger partial charge in [-0.3, -0.25) is 14.9 Å². The van der Waals surface area contributed by atoms with Crippen molar-refractivity contribution in [3.8, 4) is 11.3 Å². The van der Waals surface area contributed by atoms with Gasteiger partial charge in [0.05, 0.1) is 12.1 Å². The van der Waals surface area contributed by atoms with Crippen molar-refractivity contribution in [3.63, 3.8) is 0 Å². The quantitative estimate of drug-likeness (QED) is 0.645. The number of thiophene rings is 1. The van der Waals surface area contributed by atoms with Gasteiger partial charge < -0.3 is 4.74 Å². The van der Waals surface area contributed by atoms with Crippen LogP contribution in [-0.4, -0.2) is 23.5 Å². The molecule has 26 heavy (non-hydrogen) atoms. The number of halogens is 2. The molecule has 0 radical (unpaired) electrons. The maximum atomic E-state index is 13.3. The standard InChI is InChI=1S/C17H12F2N2O3S2/c18-12-2-1-11(6-13(12)19)14-9-26-17(20-14)21-15(22)7-24-16(23)5-10-3-4-25-8-10/h1-4,6,8-9H,5,7H2,(H,20,21,22). The smallest absolute Gasteiger partial charge is 0.310 e. The lowest BCUT2D eigenvalue weighted by Crippen LogP contribution is -2.21. The zero-order chi connectivity index (χ0) is 18.5. The number of amides is 1. The average molecular weight is 394 g/mol. The van der Waals surface area contributed by atoms with Gasteiger partial charge in [-0.25, -0.2) is 13.8 Å². The largest absolute Gasteiger partial charge is 0.455 e. The number of carbonyl (C=O) groups excluding carboxylic acids is 2. The minimum absolute atomic E-state index is 0.105. The first-order valence-corrected chi connectivity index (χ1v) is 9.21. The highest BCUT2D eigenvalue weighted by Crippen LogP contribution is 2.26. The van der Waals surface area contributed by atoms with E-state index in [0.29, 0.717) is 11.3 Å². The van der Waals surface area contributed by atoms with Crippen LogP contribution < -0.4 is 5.32 Å². The number of esters is 1. The van der Waals surface area contributed by atoms with Crippen LogP contribution in [0.2, 0.25) is 0 Å². The van der Waals surface area contributed by atoms with Gasteiger partial charge in [-0.2, -0.15) is 11.3 Å². The summed E-state index contributed by atoms with van der Waals surface area (Å²) in [4.78, 5) is 27.6. The van der Waals surface area contributed by atoms with Crippen molar-refractivity contribution in [1.29, 1.82) is 0 Å². The lowest BCUT2D eigenvalue weighted by Gasteiger charge is -2.04. The van der Waals surface area contributed by atoms with Gasteiger partial charge in [0.25, 0.3) is 5.91 Å². The predicted octanol–water partition coefficient (Wildman–Crippen LogP) is 3.87. The number of carbonyl (C=O) groups is 2. The van der Waals surface area contributed by atoms with E-state index in [0.717, 1.165) is 29.0 Å². The first-order chi connectivity index (χ1) is 12.5. The molecule has 134 valence electrons. The van der Waals surface area contributed by atoms with E-state index in [-0.39, 0.29) is 11.6 Å². The number of anilines is 1. The number of hydrogen-bond acceptors (Lipinski definition) is 6. The zero-order valence-corrected chi connectivity index (χ0v) is 14.8. The maximum absolute atomic E-state index is 13.3. The van der Waals surface area contributed by atoms with E-state index >= 15 is 0 Å². The Balaban J connectivity index is 1.52. The molecule has 0 saturated heterocycles. The third-order valence-electron chi connectivity index (χ3n) is 3.26. The Bertz CT molecular complexity index is 926. The Labute approximate surface area is 155 Å². The van der Waals surface area contributed by atoms with Crippen LogP contribution in [0.25, 0.3) is 11.3 Å². The van der Waals surface area contributed by atoms with E-state index in [1.165, 1.54) is 17.4 Å². The van der Waals surface area contributed by atoms with E-state index in [4.69, 9.17) is 4.74 Å². The normalized spacial score (nSPS) is 10.5. The van der Waals surface area contributed by atoms with Gasteiger partial charge in [-0.1, -0.05) is 0 Å². The molecule has 1 aromatic carbocycles. The molecule has 3 aromatic rings. The molecule has 1 amide bonds. The molecule has 5 nitrogen and oxygen atoms in total. The predicted molar refractivity (Wildman–Crippen MR) is 95.1 cm³/mol. The summed E-state index contributed by atoms with van der Waals surface area (Å²) >= 11 is 2.59. The lowest BCUT2D eigenvalue weighted by atomic mass is 10.2. The Morgan fingerprint density at radius 2 is 2.00 bits per heavy atom. The molecule has 0 bridgehead atoms. The Hall–Kier alpha value is -2.65. The van der Waals surface area contributed by atoms with Crippen LogP contribution >= 0.6 is 22.7 Å². The number of aromatic nitrogens is 1. The molecule has 0 aliphatic rings. The number of benzene rings is 1. The molecule has 0 aliphatic carbocycles. The van der Waals surface area contributed by atoms with Crippen molar-refractivity contribution in [1.82, 2.24) is 4.98 Å². The van der Waals surface area contributed by atoms with Crippen molar-refractivity contribution in [2.24, 2.45) is 0 Å². The number of nitrogens with zero attached hydrogens (tertiary/aromatic N) is 1. The molecule has 1 N–H and O–H groups in total. The molecule has 0 saturated carbocycles. The van der Waals surface area contributed by atoms with Crippen LogP contribution in [0.4, 0.5) is 13.9 Å². The number of nitrogens with one attached hydrogen (secondary N) is 1. The molecular weight excluding hydrogens is 382 g/mol. The third-order valence-corrected chi connectivity index (χ3v) is 4.75. The average Bonchev–Trinajstić information content (AvgIpc) is 3.27. The molecule has 2 heterocycles. The summed E-state index contributed by atoms with van der Waals surface area (Å²) < 4.78 is 31.2. The highest BCUT2D eigenvalue weighted by atomic mass is 32.1. The van der Waals surface area contributed by atoms with Crippen molar-refractivity contribution < 1.29 is 23.1 Å². The summed E-state index contributed by atoms with van der Waals surface area (Å²) in [5, 5.41) is 8.05. The van der Waals surface area contributed by atoms with Gasteiger partial charge in [-0.05, 0) is 40.6 Å². The zero-order valence-electron chi connectivity index (χ0n) is 13.2. The minimum atomic E-state index is -0.973. The molecule has 3 rings (SSSR count). The minimum Gasteiger partial charge on any atom is -0.455 e. The third kappa shape index (κ3) is 4.70. The van der Waals surface area contributed by atoms with Crippen molar-refractivity contribution in [2.75, 3.05) is 11.9 Å². The molecule has 9 heteroatoms. The number of hydrogen-bond donors (Lipinski definition) is 1. The summed E-state index contributed by atoms with van der Waals surface area (Å²) in [6.07, 6.45) is 0.105. The first-order valence-electron chi connectivity index (χ1n) is 7.39. The second kappa shape index (κ2) is 8.15. The van der Waals surface area contributed by atoms with Gasteiger partial charge in [0, 0.05) is 10.9 Å². The molecule has 0 spiro atoms.